The third kappa shape index (κ3) is 3.55. The molecule has 1 atom stereocenters. The first-order valence-electron chi connectivity index (χ1n) is 6.88. The van der Waals surface area contributed by atoms with Gasteiger partial charge >= 0.3 is 0 Å². The minimum Gasteiger partial charge on any atom is -0.310 e. The summed E-state index contributed by atoms with van der Waals surface area (Å²) in [6.07, 6.45) is 3.02. The van der Waals surface area contributed by atoms with E-state index in [1.54, 1.807) is 18.2 Å². The molecule has 2 N–H and O–H groups in total. The number of sulfonamides is 1. The van der Waals surface area contributed by atoms with E-state index in [0.717, 1.165) is 31.4 Å². The Bertz CT molecular complexity index is 524. The van der Waals surface area contributed by atoms with Crippen LogP contribution in [0.4, 0.5) is 0 Å². The van der Waals surface area contributed by atoms with Gasteiger partial charge in [-0.15, -0.1) is 0 Å². The summed E-state index contributed by atoms with van der Waals surface area (Å²) in [4.78, 5) is 0.363. The minimum absolute atomic E-state index is 0.125. The highest BCUT2D eigenvalue weighted by molar-refractivity contribution is 7.89. The fourth-order valence-corrected chi connectivity index (χ4v) is 3.55. The largest absolute Gasteiger partial charge is 0.310 e. The maximum atomic E-state index is 12.2. The summed E-state index contributed by atoms with van der Waals surface area (Å²) in [5, 5.41) is 3.29. The van der Waals surface area contributed by atoms with Gasteiger partial charge in [0, 0.05) is 12.1 Å². The second-order valence-electron chi connectivity index (χ2n) is 5.10. The molecular weight excluding hydrogens is 260 g/mol. The molecule has 0 amide bonds. The van der Waals surface area contributed by atoms with Crippen LogP contribution in [0.25, 0.3) is 0 Å². The molecule has 4 nitrogen and oxygen atoms in total. The Morgan fingerprint density at radius 3 is 2.68 bits per heavy atom. The zero-order valence-corrected chi connectivity index (χ0v) is 12.3. The molecule has 0 saturated heterocycles. The molecule has 106 valence electrons. The lowest BCUT2D eigenvalue weighted by molar-refractivity contribution is 0.383. The van der Waals surface area contributed by atoms with Crippen LogP contribution >= 0.6 is 0 Å². The molecule has 0 heterocycles. The molecule has 1 aliphatic carbocycles. The van der Waals surface area contributed by atoms with Crippen molar-refractivity contribution in [2.24, 2.45) is 0 Å². The molecule has 2 rings (SSSR count). The van der Waals surface area contributed by atoms with Gasteiger partial charge in [0.15, 0.2) is 0 Å². The monoisotopic (exact) mass is 282 g/mol. The van der Waals surface area contributed by atoms with Gasteiger partial charge in [0.25, 0.3) is 0 Å². The maximum Gasteiger partial charge on any atom is 0.240 e. The molecule has 19 heavy (non-hydrogen) atoms. The van der Waals surface area contributed by atoms with Gasteiger partial charge in [-0.1, -0.05) is 25.5 Å². The molecule has 0 aromatic heterocycles. The Hall–Kier alpha value is -0.910. The third-order valence-electron chi connectivity index (χ3n) is 3.61. The van der Waals surface area contributed by atoms with Gasteiger partial charge in [0.2, 0.25) is 10.0 Å². The maximum absolute atomic E-state index is 12.2. The summed E-state index contributed by atoms with van der Waals surface area (Å²) in [6, 6.07) is 7.45. The number of nitrogens with one attached hydrogen (secondary N) is 2. The Morgan fingerprint density at radius 2 is 2.11 bits per heavy atom. The van der Waals surface area contributed by atoms with Crippen molar-refractivity contribution >= 4 is 10.0 Å². The number of hydrogen-bond acceptors (Lipinski definition) is 3. The van der Waals surface area contributed by atoms with Crippen LogP contribution in [0.15, 0.2) is 29.2 Å². The number of rotatable bonds is 6. The number of hydrogen-bond donors (Lipinski definition) is 2. The molecule has 1 fully saturated rings. The van der Waals surface area contributed by atoms with E-state index >= 15 is 0 Å². The predicted molar refractivity (Wildman–Crippen MR) is 76.5 cm³/mol. The average molecular weight is 282 g/mol. The highest BCUT2D eigenvalue weighted by Gasteiger charge is 2.24. The molecule has 1 aromatic carbocycles. The summed E-state index contributed by atoms with van der Waals surface area (Å²) in [5.74, 6) is 0. The van der Waals surface area contributed by atoms with E-state index in [4.69, 9.17) is 0 Å². The molecule has 1 unspecified atom stereocenters. The predicted octanol–water partition coefficient (Wildman–Crippen LogP) is 2.19. The molecule has 0 spiro atoms. The van der Waals surface area contributed by atoms with Gasteiger partial charge in [0.05, 0.1) is 4.90 Å². The molecule has 0 radical (unpaired) electrons. The second-order valence-corrected chi connectivity index (χ2v) is 6.81. The zero-order valence-electron chi connectivity index (χ0n) is 11.5. The van der Waals surface area contributed by atoms with Crippen molar-refractivity contribution in [1.82, 2.24) is 10.0 Å². The van der Waals surface area contributed by atoms with Crippen molar-refractivity contribution in [3.63, 3.8) is 0 Å². The summed E-state index contributed by atoms with van der Waals surface area (Å²) in [6.45, 7) is 4.93. The minimum atomic E-state index is -3.37. The van der Waals surface area contributed by atoms with Gasteiger partial charge in [-0.05, 0) is 44.0 Å². The van der Waals surface area contributed by atoms with Gasteiger partial charge in [-0.2, -0.15) is 0 Å². The van der Waals surface area contributed by atoms with E-state index in [1.165, 1.54) is 0 Å². The lowest BCUT2D eigenvalue weighted by atomic mass is 9.94. The third-order valence-corrected chi connectivity index (χ3v) is 5.12. The fraction of sp³-hybridized carbons (Fsp3) is 0.571. The summed E-state index contributed by atoms with van der Waals surface area (Å²) in [5.41, 5.74) is 0.998. The van der Waals surface area contributed by atoms with Crippen LogP contribution in [0, 0.1) is 0 Å². The van der Waals surface area contributed by atoms with Crippen LogP contribution in [0.2, 0.25) is 0 Å². The quantitative estimate of drug-likeness (QED) is 0.841. The Balaban J connectivity index is 2.17. The lowest BCUT2D eigenvalue weighted by Crippen LogP contribution is -2.39. The van der Waals surface area contributed by atoms with Crippen LogP contribution in [-0.2, 0) is 10.0 Å². The molecule has 1 aliphatic rings. The first-order valence-corrected chi connectivity index (χ1v) is 8.37. The average Bonchev–Trinajstić information content (AvgIpc) is 2.35. The molecule has 1 aromatic rings. The van der Waals surface area contributed by atoms with Crippen LogP contribution in [0.1, 0.15) is 44.7 Å². The van der Waals surface area contributed by atoms with Crippen molar-refractivity contribution in [2.45, 2.75) is 50.1 Å². The highest BCUT2D eigenvalue weighted by atomic mass is 32.2. The van der Waals surface area contributed by atoms with Crippen LogP contribution in [0.3, 0.4) is 0 Å². The molecular formula is C14H22N2O2S. The number of benzene rings is 1. The van der Waals surface area contributed by atoms with E-state index in [0.29, 0.717) is 4.90 Å². The van der Waals surface area contributed by atoms with E-state index in [2.05, 4.69) is 10.0 Å². The van der Waals surface area contributed by atoms with E-state index in [9.17, 15) is 8.42 Å². The second kappa shape index (κ2) is 6.03. The van der Waals surface area contributed by atoms with E-state index < -0.39 is 10.0 Å². The molecule has 1 saturated carbocycles. The van der Waals surface area contributed by atoms with E-state index in [-0.39, 0.29) is 12.1 Å². The van der Waals surface area contributed by atoms with Crippen molar-refractivity contribution in [1.29, 1.82) is 0 Å². The van der Waals surface area contributed by atoms with E-state index in [1.807, 2.05) is 19.9 Å². The topological polar surface area (TPSA) is 58.2 Å². The molecule has 0 aliphatic heterocycles. The summed E-state index contributed by atoms with van der Waals surface area (Å²) >= 11 is 0. The Morgan fingerprint density at radius 1 is 1.37 bits per heavy atom. The van der Waals surface area contributed by atoms with Crippen LogP contribution in [0.5, 0.6) is 0 Å². The molecule has 0 bridgehead atoms. The molecule has 5 heteroatoms. The lowest BCUT2D eigenvalue weighted by Gasteiger charge is -2.26. The van der Waals surface area contributed by atoms with Crippen LogP contribution < -0.4 is 10.0 Å². The Labute approximate surface area is 115 Å². The summed E-state index contributed by atoms with van der Waals surface area (Å²) in [7, 11) is -3.37. The Kier molecular flexibility index (Phi) is 4.60. The van der Waals surface area contributed by atoms with Gasteiger partial charge in [0.1, 0.15) is 0 Å². The van der Waals surface area contributed by atoms with Gasteiger partial charge in [-0.25, -0.2) is 13.1 Å². The first-order chi connectivity index (χ1) is 9.03. The van der Waals surface area contributed by atoms with Crippen molar-refractivity contribution in [2.75, 3.05) is 6.54 Å². The SMILES string of the molecule is CCNC(C)c1cccc(S(=O)(=O)NC2CCC2)c1. The fourth-order valence-electron chi connectivity index (χ4n) is 2.19. The van der Waals surface area contributed by atoms with Gasteiger partial charge in [-0.3, -0.25) is 0 Å². The zero-order chi connectivity index (χ0) is 13.9. The first kappa shape index (κ1) is 14.5. The van der Waals surface area contributed by atoms with Crippen molar-refractivity contribution < 1.29 is 8.42 Å². The smallest absolute Gasteiger partial charge is 0.240 e. The highest BCUT2D eigenvalue weighted by Crippen LogP contribution is 2.22. The standard InChI is InChI=1S/C14H22N2O2S/c1-3-15-11(2)12-6-4-9-14(10-12)19(17,18)16-13-7-5-8-13/h4,6,9-11,13,15-16H,3,5,7-8H2,1-2H3. The van der Waals surface area contributed by atoms with Crippen molar-refractivity contribution in [3.8, 4) is 0 Å². The van der Waals surface area contributed by atoms with Gasteiger partial charge < -0.3 is 5.32 Å². The summed E-state index contributed by atoms with van der Waals surface area (Å²) < 4.78 is 27.2. The normalized spacial score (nSPS) is 18.0. The van der Waals surface area contributed by atoms with Crippen molar-refractivity contribution in [3.05, 3.63) is 29.8 Å². The van der Waals surface area contributed by atoms with Crippen LogP contribution in [-0.4, -0.2) is 21.0 Å².